The van der Waals surface area contributed by atoms with Gasteiger partial charge in [0.05, 0.1) is 18.4 Å². The average molecular weight is 288 g/mol. The van der Waals surface area contributed by atoms with Gasteiger partial charge in [0.2, 0.25) is 0 Å². The van der Waals surface area contributed by atoms with Crippen LogP contribution in [0.5, 0.6) is 5.75 Å². The van der Waals surface area contributed by atoms with E-state index in [1.54, 1.807) is 12.1 Å². The first kappa shape index (κ1) is 14.8. The number of ether oxygens (including phenoxy) is 1. The summed E-state index contributed by atoms with van der Waals surface area (Å²) in [4.78, 5) is 0. The van der Waals surface area contributed by atoms with Crippen LogP contribution in [0, 0.1) is 23.0 Å². The number of nitrogens with zero attached hydrogens (tertiary/aromatic N) is 1. The van der Waals surface area contributed by atoms with Gasteiger partial charge in [-0.1, -0.05) is 6.07 Å². The summed E-state index contributed by atoms with van der Waals surface area (Å²) < 4.78 is 31.4. The Morgan fingerprint density at radius 1 is 1.19 bits per heavy atom. The summed E-state index contributed by atoms with van der Waals surface area (Å²) in [7, 11) is 1.40. The minimum absolute atomic E-state index is 0.153. The predicted octanol–water partition coefficient (Wildman–Crippen LogP) is 4.02. The van der Waals surface area contributed by atoms with E-state index in [1.807, 2.05) is 13.0 Å². The van der Waals surface area contributed by atoms with Crippen molar-refractivity contribution >= 4 is 5.69 Å². The highest BCUT2D eigenvalue weighted by atomic mass is 19.1. The zero-order valence-corrected chi connectivity index (χ0v) is 11.7. The lowest BCUT2D eigenvalue weighted by molar-refractivity contribution is 0.385. The SMILES string of the molecule is COc1cc(C(C)Nc2ccc(F)cc2C#N)ccc1F. The first-order chi connectivity index (χ1) is 10.0. The van der Waals surface area contributed by atoms with Gasteiger partial charge in [-0.3, -0.25) is 0 Å². The van der Waals surface area contributed by atoms with Gasteiger partial charge >= 0.3 is 0 Å². The van der Waals surface area contributed by atoms with E-state index >= 15 is 0 Å². The number of nitrogens with one attached hydrogen (secondary N) is 1. The third-order valence-electron chi connectivity index (χ3n) is 3.15. The number of benzene rings is 2. The number of anilines is 1. The number of hydrogen-bond donors (Lipinski definition) is 1. The lowest BCUT2D eigenvalue weighted by Gasteiger charge is -2.17. The van der Waals surface area contributed by atoms with Crippen LogP contribution in [0.15, 0.2) is 36.4 Å². The number of methoxy groups -OCH3 is 1. The van der Waals surface area contributed by atoms with Crippen LogP contribution >= 0.6 is 0 Å². The van der Waals surface area contributed by atoms with Crippen molar-refractivity contribution in [2.75, 3.05) is 12.4 Å². The zero-order chi connectivity index (χ0) is 15.4. The Kier molecular flexibility index (Phi) is 4.39. The Bertz CT molecular complexity index is 695. The maximum absolute atomic E-state index is 13.4. The monoisotopic (exact) mass is 288 g/mol. The second-order valence-electron chi connectivity index (χ2n) is 4.56. The molecule has 5 heteroatoms. The molecule has 0 heterocycles. The number of nitriles is 1. The summed E-state index contributed by atoms with van der Waals surface area (Å²) in [5, 5.41) is 12.1. The van der Waals surface area contributed by atoms with Gasteiger partial charge in [0.1, 0.15) is 11.9 Å². The van der Waals surface area contributed by atoms with Crippen molar-refractivity contribution in [1.82, 2.24) is 0 Å². The number of halogens is 2. The van der Waals surface area contributed by atoms with Crippen LogP contribution in [0.3, 0.4) is 0 Å². The van der Waals surface area contributed by atoms with Crippen molar-refractivity contribution in [3.05, 3.63) is 59.2 Å². The lowest BCUT2D eigenvalue weighted by Crippen LogP contribution is -2.08. The minimum atomic E-state index is -0.465. The molecule has 1 N–H and O–H groups in total. The second-order valence-corrected chi connectivity index (χ2v) is 4.56. The summed E-state index contributed by atoms with van der Waals surface area (Å²) in [6, 6.07) is 10.2. The predicted molar refractivity (Wildman–Crippen MR) is 76.1 cm³/mol. The van der Waals surface area contributed by atoms with Gasteiger partial charge in [0.15, 0.2) is 11.6 Å². The van der Waals surface area contributed by atoms with Crippen molar-refractivity contribution in [2.24, 2.45) is 0 Å². The average Bonchev–Trinajstić information content (AvgIpc) is 2.49. The van der Waals surface area contributed by atoms with E-state index < -0.39 is 11.6 Å². The topological polar surface area (TPSA) is 45.0 Å². The molecule has 1 atom stereocenters. The molecule has 0 spiro atoms. The molecule has 0 amide bonds. The van der Waals surface area contributed by atoms with E-state index in [1.165, 1.54) is 31.4 Å². The van der Waals surface area contributed by atoms with E-state index in [0.29, 0.717) is 5.69 Å². The molecule has 0 aromatic heterocycles. The van der Waals surface area contributed by atoms with E-state index in [-0.39, 0.29) is 17.4 Å². The molecular weight excluding hydrogens is 274 g/mol. The Balaban J connectivity index is 2.26. The van der Waals surface area contributed by atoms with Crippen LogP contribution in [0.1, 0.15) is 24.1 Å². The molecule has 0 saturated carbocycles. The van der Waals surface area contributed by atoms with E-state index in [9.17, 15) is 8.78 Å². The van der Waals surface area contributed by atoms with Gasteiger partial charge in [-0.15, -0.1) is 0 Å². The minimum Gasteiger partial charge on any atom is -0.494 e. The van der Waals surface area contributed by atoms with E-state index in [0.717, 1.165) is 5.56 Å². The highest BCUT2D eigenvalue weighted by molar-refractivity contribution is 5.58. The summed E-state index contributed by atoms with van der Waals surface area (Å²) in [6.07, 6.45) is 0. The molecule has 2 rings (SSSR count). The normalized spacial score (nSPS) is 11.6. The van der Waals surface area contributed by atoms with E-state index in [2.05, 4.69) is 5.32 Å². The lowest BCUT2D eigenvalue weighted by atomic mass is 10.1. The third kappa shape index (κ3) is 3.29. The highest BCUT2D eigenvalue weighted by Gasteiger charge is 2.12. The van der Waals surface area contributed by atoms with Gasteiger partial charge in [-0.2, -0.15) is 5.26 Å². The summed E-state index contributed by atoms with van der Waals surface area (Å²) in [5.41, 5.74) is 1.53. The number of rotatable bonds is 4. The highest BCUT2D eigenvalue weighted by Crippen LogP contribution is 2.26. The molecule has 2 aromatic rings. The maximum atomic E-state index is 13.4. The molecule has 2 aromatic carbocycles. The van der Waals surface area contributed by atoms with Gasteiger partial charge < -0.3 is 10.1 Å². The molecule has 0 aliphatic carbocycles. The summed E-state index contributed by atoms with van der Waals surface area (Å²) >= 11 is 0. The van der Waals surface area contributed by atoms with Crippen molar-refractivity contribution < 1.29 is 13.5 Å². The third-order valence-corrected chi connectivity index (χ3v) is 3.15. The van der Waals surface area contributed by atoms with E-state index in [4.69, 9.17) is 10.00 Å². The smallest absolute Gasteiger partial charge is 0.165 e. The largest absolute Gasteiger partial charge is 0.494 e. The van der Waals surface area contributed by atoms with Crippen molar-refractivity contribution in [2.45, 2.75) is 13.0 Å². The molecule has 3 nitrogen and oxygen atoms in total. The van der Waals surface area contributed by atoms with Crippen molar-refractivity contribution in [3.8, 4) is 11.8 Å². The Labute approximate surface area is 121 Å². The fourth-order valence-corrected chi connectivity index (χ4v) is 2.00. The molecule has 0 aliphatic rings. The fourth-order valence-electron chi connectivity index (χ4n) is 2.00. The molecule has 0 fully saturated rings. The van der Waals surface area contributed by atoms with Crippen molar-refractivity contribution in [3.63, 3.8) is 0 Å². The van der Waals surface area contributed by atoms with Crippen LogP contribution in [0.4, 0.5) is 14.5 Å². The first-order valence-electron chi connectivity index (χ1n) is 6.34. The maximum Gasteiger partial charge on any atom is 0.165 e. The second kappa shape index (κ2) is 6.23. The first-order valence-corrected chi connectivity index (χ1v) is 6.34. The van der Waals surface area contributed by atoms with Crippen molar-refractivity contribution in [1.29, 1.82) is 5.26 Å². The Morgan fingerprint density at radius 2 is 1.95 bits per heavy atom. The van der Waals surface area contributed by atoms with Gasteiger partial charge in [0.25, 0.3) is 0 Å². The molecule has 1 unspecified atom stereocenters. The molecule has 108 valence electrons. The molecule has 0 aliphatic heterocycles. The fraction of sp³-hybridized carbons (Fsp3) is 0.188. The van der Waals surface area contributed by atoms with Gasteiger partial charge in [0, 0.05) is 6.04 Å². The standard InChI is InChI=1S/C16H14F2N2O/c1-10(11-3-5-14(18)16(8-11)21-2)20-15-6-4-13(17)7-12(15)9-19/h3-8,10,20H,1-2H3. The molecular formula is C16H14F2N2O. The number of hydrogen-bond acceptors (Lipinski definition) is 3. The van der Waals surface area contributed by atoms with Crippen LogP contribution in [0.2, 0.25) is 0 Å². The molecule has 21 heavy (non-hydrogen) atoms. The molecule has 0 saturated heterocycles. The summed E-state index contributed by atoms with van der Waals surface area (Å²) in [6.45, 7) is 1.86. The quantitative estimate of drug-likeness (QED) is 0.924. The Morgan fingerprint density at radius 3 is 2.62 bits per heavy atom. The van der Waals surface area contributed by atoms with Gasteiger partial charge in [-0.05, 0) is 42.8 Å². The molecule has 0 radical (unpaired) electrons. The van der Waals surface area contributed by atoms with Crippen LogP contribution in [-0.4, -0.2) is 7.11 Å². The Hall–Kier alpha value is -2.61. The van der Waals surface area contributed by atoms with Crippen LogP contribution < -0.4 is 10.1 Å². The van der Waals surface area contributed by atoms with Crippen LogP contribution in [0.25, 0.3) is 0 Å². The van der Waals surface area contributed by atoms with Crippen LogP contribution in [-0.2, 0) is 0 Å². The molecule has 0 bridgehead atoms. The summed E-state index contributed by atoms with van der Waals surface area (Å²) in [5.74, 6) is -0.748. The zero-order valence-electron chi connectivity index (χ0n) is 11.7. The van der Waals surface area contributed by atoms with Gasteiger partial charge in [-0.25, -0.2) is 8.78 Å².